The first-order valence-corrected chi connectivity index (χ1v) is 12.1. The second kappa shape index (κ2) is 10.8. The van der Waals surface area contributed by atoms with Gasteiger partial charge in [-0.15, -0.1) is 0 Å². The maximum atomic E-state index is 6.30. The van der Waals surface area contributed by atoms with Crippen molar-refractivity contribution in [1.82, 2.24) is 0 Å². The molecular weight excluding hydrogens is 331 g/mol. The molecule has 0 spiro atoms. The summed E-state index contributed by atoms with van der Waals surface area (Å²) in [6.07, 6.45) is 5.89. The number of unbranched alkanes of at least 4 members (excludes halogenated alkanes) is 2. The van der Waals surface area contributed by atoms with E-state index in [-0.39, 0.29) is 0 Å². The molecule has 2 aromatic carbocycles. The van der Waals surface area contributed by atoms with Crippen LogP contribution in [0.3, 0.4) is 0 Å². The van der Waals surface area contributed by atoms with Gasteiger partial charge in [0.05, 0.1) is 12.9 Å². The van der Waals surface area contributed by atoms with Gasteiger partial charge in [0.25, 0.3) is 0 Å². The summed E-state index contributed by atoms with van der Waals surface area (Å²) in [5.41, 5.74) is 2.73. The van der Waals surface area contributed by atoms with E-state index in [4.69, 9.17) is 16.3 Å². The Morgan fingerprint density at radius 2 is 1.29 bits per heavy atom. The molecule has 0 aromatic heterocycles. The number of aryl methyl sites for hydroxylation is 2. The van der Waals surface area contributed by atoms with Gasteiger partial charge >= 0.3 is 0 Å². The van der Waals surface area contributed by atoms with Gasteiger partial charge in [-0.1, -0.05) is 92.2 Å². The molecule has 0 atom stereocenters. The summed E-state index contributed by atoms with van der Waals surface area (Å²) < 4.78 is 6.30. The first kappa shape index (κ1) is 19.4. The summed E-state index contributed by atoms with van der Waals surface area (Å²) in [7, 11) is 0. The Morgan fingerprint density at radius 3 is 1.75 bits per heavy atom. The molecule has 3 heteroatoms. The third-order valence-electron chi connectivity index (χ3n) is 4.24. The third kappa shape index (κ3) is 7.30. The lowest BCUT2D eigenvalue weighted by Gasteiger charge is -2.23. The average Bonchev–Trinajstić information content (AvgIpc) is 2.64. The minimum absolute atomic E-state index is 0.828. The molecule has 2 rings (SSSR count). The normalized spacial score (nSPS) is 11.5. The van der Waals surface area contributed by atoms with Crippen molar-refractivity contribution < 1.29 is 4.52 Å². The van der Waals surface area contributed by atoms with Crippen LogP contribution in [-0.2, 0) is 29.2 Å². The Bertz CT molecular complexity index is 565. The molecule has 0 radical (unpaired) electrons. The van der Waals surface area contributed by atoms with Gasteiger partial charge in [0.1, 0.15) is 0 Å². The first-order valence-electron chi connectivity index (χ1n) is 9.02. The van der Waals surface area contributed by atoms with Crippen molar-refractivity contribution in [3.8, 4) is 0 Å². The highest BCUT2D eigenvalue weighted by Gasteiger charge is 2.18. The minimum Gasteiger partial charge on any atom is -0.351 e. The van der Waals surface area contributed by atoms with E-state index in [0.29, 0.717) is 0 Å². The molecule has 0 unspecified atom stereocenters. The summed E-state index contributed by atoms with van der Waals surface area (Å²) in [6, 6.07) is 21.3. The Balaban J connectivity index is 1.93. The van der Waals surface area contributed by atoms with E-state index in [1.165, 1.54) is 24.0 Å². The van der Waals surface area contributed by atoms with Crippen molar-refractivity contribution in [2.24, 2.45) is 0 Å². The maximum Gasteiger partial charge on any atom is 0.0680 e. The predicted molar refractivity (Wildman–Crippen MR) is 110 cm³/mol. The zero-order chi connectivity index (χ0) is 17.1. The molecule has 0 N–H and O–H groups in total. The van der Waals surface area contributed by atoms with Gasteiger partial charge < -0.3 is 4.52 Å². The predicted octanol–water partition coefficient (Wildman–Crippen LogP) is 6.07. The molecule has 130 valence electrons. The Kier molecular flexibility index (Phi) is 8.74. The molecule has 1 nitrogen and oxygen atoms in total. The molecule has 2 aromatic rings. The van der Waals surface area contributed by atoms with Crippen LogP contribution in [-0.4, -0.2) is 18.9 Å². The van der Waals surface area contributed by atoms with Crippen LogP contribution in [0.1, 0.15) is 37.3 Å². The van der Waals surface area contributed by atoms with Crippen molar-refractivity contribution >= 4 is 18.1 Å². The van der Waals surface area contributed by atoms with Gasteiger partial charge in [-0.2, -0.15) is 0 Å². The van der Waals surface area contributed by atoms with Gasteiger partial charge in [-0.05, 0) is 30.4 Å². The largest absolute Gasteiger partial charge is 0.351 e. The van der Waals surface area contributed by atoms with E-state index in [1.54, 1.807) is 0 Å². The molecule has 0 saturated carbocycles. The van der Waals surface area contributed by atoms with E-state index < -0.39 is 6.26 Å². The highest BCUT2D eigenvalue weighted by Crippen LogP contribution is 2.48. The van der Waals surface area contributed by atoms with Crippen LogP contribution in [0.4, 0.5) is 0 Å². The van der Waals surface area contributed by atoms with Crippen molar-refractivity contribution in [2.75, 3.05) is 18.9 Å². The molecule has 0 bridgehead atoms. The van der Waals surface area contributed by atoms with Crippen molar-refractivity contribution in [1.29, 1.82) is 0 Å². The summed E-state index contributed by atoms with van der Waals surface area (Å²) in [5.74, 6) is 0. The summed E-state index contributed by atoms with van der Waals surface area (Å²) in [4.78, 5) is 0. The monoisotopic (exact) mass is 360 g/mol. The van der Waals surface area contributed by atoms with Crippen LogP contribution < -0.4 is 0 Å². The molecule has 24 heavy (non-hydrogen) atoms. The molecule has 0 saturated heterocycles. The fourth-order valence-electron chi connectivity index (χ4n) is 2.71. The van der Waals surface area contributed by atoms with Gasteiger partial charge in [-0.3, -0.25) is 0 Å². The van der Waals surface area contributed by atoms with Crippen LogP contribution in [0.2, 0.25) is 0 Å². The fourth-order valence-corrected chi connectivity index (χ4v) is 5.62. The standard InChI is InChI=1S/C21H29OPS/c1-2-3-10-17-22-23(24,18-15-20-11-6-4-7-12-20)19-16-21-13-8-5-9-14-21/h4-9,11-14H,2-3,10,15-19H2,1H3. The van der Waals surface area contributed by atoms with E-state index in [2.05, 4.69) is 67.6 Å². The number of hydrogen-bond acceptors (Lipinski definition) is 2. The van der Waals surface area contributed by atoms with Gasteiger partial charge in [-0.25, -0.2) is 0 Å². The van der Waals surface area contributed by atoms with Crippen molar-refractivity contribution in [3.05, 3.63) is 71.8 Å². The highest BCUT2D eigenvalue weighted by molar-refractivity contribution is 8.12. The topological polar surface area (TPSA) is 9.23 Å². The molecule has 0 fully saturated rings. The van der Waals surface area contributed by atoms with Gasteiger partial charge in [0, 0.05) is 12.3 Å². The summed E-state index contributed by atoms with van der Waals surface area (Å²) >= 11 is 6.04. The smallest absolute Gasteiger partial charge is 0.0680 e. The summed E-state index contributed by atoms with van der Waals surface area (Å²) in [5, 5.41) is 0. The Labute approximate surface area is 152 Å². The third-order valence-corrected chi connectivity index (χ3v) is 8.12. The van der Waals surface area contributed by atoms with Crippen LogP contribution in [0.5, 0.6) is 0 Å². The van der Waals surface area contributed by atoms with E-state index in [9.17, 15) is 0 Å². The second-order valence-corrected chi connectivity index (χ2v) is 11.1. The zero-order valence-corrected chi connectivity index (χ0v) is 16.4. The number of benzene rings is 2. The quantitative estimate of drug-likeness (QED) is 0.355. The van der Waals surface area contributed by atoms with Crippen LogP contribution in [0.15, 0.2) is 60.7 Å². The van der Waals surface area contributed by atoms with E-state index in [0.717, 1.165) is 38.2 Å². The fraction of sp³-hybridized carbons (Fsp3) is 0.429. The SMILES string of the molecule is CCCCCOP(=S)(CCc1ccccc1)CCc1ccccc1. The lowest BCUT2D eigenvalue weighted by Crippen LogP contribution is -2.06. The average molecular weight is 361 g/mol. The van der Waals surface area contributed by atoms with Gasteiger partial charge in [0.2, 0.25) is 0 Å². The second-order valence-electron chi connectivity index (χ2n) is 6.27. The molecule has 0 aliphatic heterocycles. The molecule has 0 aliphatic carbocycles. The maximum absolute atomic E-state index is 6.30. The lowest BCUT2D eigenvalue weighted by atomic mass is 10.2. The number of hydrogen-bond donors (Lipinski definition) is 0. The lowest BCUT2D eigenvalue weighted by molar-refractivity contribution is 0.336. The molecular formula is C21H29OPS. The van der Waals surface area contributed by atoms with E-state index >= 15 is 0 Å². The first-order chi connectivity index (χ1) is 11.7. The minimum atomic E-state index is -1.76. The highest BCUT2D eigenvalue weighted by atomic mass is 32.4. The van der Waals surface area contributed by atoms with Gasteiger partial charge in [0.15, 0.2) is 0 Å². The Morgan fingerprint density at radius 1 is 0.792 bits per heavy atom. The Hall–Kier alpha value is -0.950. The molecule has 0 amide bonds. The van der Waals surface area contributed by atoms with Crippen LogP contribution in [0, 0.1) is 0 Å². The van der Waals surface area contributed by atoms with Crippen molar-refractivity contribution in [3.63, 3.8) is 0 Å². The van der Waals surface area contributed by atoms with E-state index in [1.807, 2.05) is 0 Å². The van der Waals surface area contributed by atoms with Crippen LogP contribution >= 0.6 is 6.26 Å². The van der Waals surface area contributed by atoms with Crippen molar-refractivity contribution in [2.45, 2.75) is 39.0 Å². The molecule has 0 aliphatic rings. The number of rotatable bonds is 11. The van der Waals surface area contributed by atoms with Crippen LogP contribution in [0.25, 0.3) is 0 Å². The molecule has 0 heterocycles. The summed E-state index contributed by atoms with van der Waals surface area (Å²) in [6.45, 7) is 3.05. The zero-order valence-electron chi connectivity index (χ0n) is 14.7.